The van der Waals surface area contributed by atoms with Crippen molar-refractivity contribution in [1.29, 1.82) is 0 Å². The Labute approximate surface area is 114 Å². The number of nitrogens with one attached hydrogen (secondary N) is 1. The van der Waals surface area contributed by atoms with E-state index in [0.717, 1.165) is 32.7 Å². The molecular weight excluding hydrogens is 224 g/mol. The fraction of sp³-hybridized carbons (Fsp3) is 1.00. The second-order valence-electron chi connectivity index (χ2n) is 6.55. The van der Waals surface area contributed by atoms with Crippen LogP contribution in [0.15, 0.2) is 0 Å². The molecule has 110 valence electrons. The maximum atomic E-state index is 5.50. The number of ether oxygens (including phenoxy) is 1. The lowest BCUT2D eigenvalue weighted by molar-refractivity contribution is 0.0768. The van der Waals surface area contributed by atoms with Crippen LogP contribution >= 0.6 is 0 Å². The van der Waals surface area contributed by atoms with Gasteiger partial charge in [0, 0.05) is 25.7 Å². The fourth-order valence-electron chi connectivity index (χ4n) is 1.75. The van der Waals surface area contributed by atoms with Crippen molar-refractivity contribution in [3.63, 3.8) is 0 Å². The number of hydrogen-bond donors (Lipinski definition) is 1. The topological polar surface area (TPSA) is 24.5 Å². The van der Waals surface area contributed by atoms with Gasteiger partial charge < -0.3 is 15.0 Å². The van der Waals surface area contributed by atoms with Crippen molar-refractivity contribution in [2.24, 2.45) is 5.41 Å². The molecule has 0 spiro atoms. The summed E-state index contributed by atoms with van der Waals surface area (Å²) < 4.78 is 5.50. The summed E-state index contributed by atoms with van der Waals surface area (Å²) in [5, 5.41) is 3.47. The van der Waals surface area contributed by atoms with Gasteiger partial charge in [-0.3, -0.25) is 0 Å². The molecule has 0 fully saturated rings. The van der Waals surface area contributed by atoms with Gasteiger partial charge in [0.25, 0.3) is 0 Å². The van der Waals surface area contributed by atoms with E-state index in [2.05, 4.69) is 58.8 Å². The summed E-state index contributed by atoms with van der Waals surface area (Å²) >= 11 is 0. The molecule has 0 saturated heterocycles. The number of hydrogen-bond acceptors (Lipinski definition) is 3. The Balaban J connectivity index is 3.49. The van der Waals surface area contributed by atoms with Crippen molar-refractivity contribution >= 4 is 0 Å². The maximum Gasteiger partial charge on any atom is 0.0518 e. The van der Waals surface area contributed by atoms with Gasteiger partial charge >= 0.3 is 0 Å². The minimum Gasteiger partial charge on any atom is -0.379 e. The van der Waals surface area contributed by atoms with E-state index in [-0.39, 0.29) is 0 Å². The van der Waals surface area contributed by atoms with E-state index in [1.54, 1.807) is 0 Å². The normalized spacial score (nSPS) is 14.5. The molecule has 0 aromatic heterocycles. The summed E-state index contributed by atoms with van der Waals surface area (Å²) in [6, 6.07) is 0.601. The molecule has 0 aliphatic carbocycles. The maximum absolute atomic E-state index is 5.50. The van der Waals surface area contributed by atoms with E-state index in [1.807, 2.05) is 0 Å². The quantitative estimate of drug-likeness (QED) is 0.644. The summed E-state index contributed by atoms with van der Waals surface area (Å²) in [6.07, 6.45) is 1.44. The summed E-state index contributed by atoms with van der Waals surface area (Å²) in [7, 11) is 2.21. The van der Waals surface area contributed by atoms with Gasteiger partial charge in [0.2, 0.25) is 0 Å². The van der Waals surface area contributed by atoms with Crippen LogP contribution in [-0.2, 0) is 4.74 Å². The summed E-state index contributed by atoms with van der Waals surface area (Å²) in [5.74, 6) is 0. The Bertz CT molecular complexity index is 199. The van der Waals surface area contributed by atoms with Crippen LogP contribution in [0.4, 0.5) is 0 Å². The Morgan fingerprint density at radius 3 is 2.22 bits per heavy atom. The first-order valence-electron chi connectivity index (χ1n) is 7.27. The predicted molar refractivity (Wildman–Crippen MR) is 80.1 cm³/mol. The van der Waals surface area contributed by atoms with E-state index < -0.39 is 0 Å². The standard InChI is InChI=1S/C15H34N2O/c1-13(2)18-12-8-9-16-10-11-17(7)14(3)15(4,5)6/h13-14,16H,8-12H2,1-7H3. The molecule has 0 radical (unpaired) electrons. The van der Waals surface area contributed by atoms with Gasteiger partial charge in [0.05, 0.1) is 6.10 Å². The minimum atomic E-state index is 0.347. The van der Waals surface area contributed by atoms with Gasteiger partial charge in [-0.05, 0) is 46.2 Å². The molecule has 1 unspecified atom stereocenters. The van der Waals surface area contributed by atoms with Crippen LogP contribution in [0, 0.1) is 5.41 Å². The second kappa shape index (κ2) is 8.89. The number of rotatable bonds is 9. The summed E-state index contributed by atoms with van der Waals surface area (Å²) in [4.78, 5) is 2.43. The summed E-state index contributed by atoms with van der Waals surface area (Å²) in [5.41, 5.74) is 0.347. The highest BCUT2D eigenvalue weighted by molar-refractivity contribution is 4.77. The predicted octanol–water partition coefficient (Wildman–Crippen LogP) is 2.76. The van der Waals surface area contributed by atoms with E-state index in [4.69, 9.17) is 4.74 Å². The van der Waals surface area contributed by atoms with Crippen molar-refractivity contribution in [3.05, 3.63) is 0 Å². The molecule has 0 heterocycles. The molecule has 0 saturated carbocycles. The van der Waals surface area contributed by atoms with Crippen LogP contribution in [-0.4, -0.2) is 50.3 Å². The molecule has 0 aliphatic rings. The lowest BCUT2D eigenvalue weighted by Gasteiger charge is -2.35. The SMILES string of the molecule is CC(C)OCCCNCCN(C)C(C)C(C)(C)C. The van der Waals surface area contributed by atoms with Gasteiger partial charge in [-0.2, -0.15) is 0 Å². The Kier molecular flexibility index (Phi) is 8.83. The minimum absolute atomic E-state index is 0.347. The fourth-order valence-corrected chi connectivity index (χ4v) is 1.75. The molecule has 0 rings (SSSR count). The zero-order chi connectivity index (χ0) is 14.2. The highest BCUT2D eigenvalue weighted by atomic mass is 16.5. The van der Waals surface area contributed by atoms with Crippen LogP contribution in [0.2, 0.25) is 0 Å². The van der Waals surface area contributed by atoms with Crippen molar-refractivity contribution < 1.29 is 4.74 Å². The van der Waals surface area contributed by atoms with E-state index >= 15 is 0 Å². The molecule has 1 N–H and O–H groups in total. The van der Waals surface area contributed by atoms with Gasteiger partial charge in [0.15, 0.2) is 0 Å². The van der Waals surface area contributed by atoms with Crippen molar-refractivity contribution in [2.45, 2.75) is 60.1 Å². The van der Waals surface area contributed by atoms with Gasteiger partial charge in [-0.15, -0.1) is 0 Å². The highest BCUT2D eigenvalue weighted by Crippen LogP contribution is 2.22. The van der Waals surface area contributed by atoms with Gasteiger partial charge in [-0.25, -0.2) is 0 Å². The molecule has 0 aliphatic heterocycles. The zero-order valence-corrected chi connectivity index (χ0v) is 13.5. The molecule has 0 aromatic carbocycles. The Morgan fingerprint density at radius 2 is 1.72 bits per heavy atom. The largest absolute Gasteiger partial charge is 0.379 e. The summed E-state index contributed by atoms with van der Waals surface area (Å²) in [6.45, 7) is 17.4. The molecule has 3 heteroatoms. The van der Waals surface area contributed by atoms with Crippen molar-refractivity contribution in [1.82, 2.24) is 10.2 Å². The highest BCUT2D eigenvalue weighted by Gasteiger charge is 2.23. The third-order valence-corrected chi connectivity index (χ3v) is 3.50. The molecule has 0 aromatic rings. The molecule has 1 atom stereocenters. The molecule has 3 nitrogen and oxygen atoms in total. The molecule has 0 amide bonds. The van der Waals surface area contributed by atoms with E-state index in [0.29, 0.717) is 17.6 Å². The third-order valence-electron chi connectivity index (χ3n) is 3.50. The van der Waals surface area contributed by atoms with E-state index in [9.17, 15) is 0 Å². The Hall–Kier alpha value is -0.120. The van der Waals surface area contributed by atoms with Crippen LogP contribution in [0.3, 0.4) is 0 Å². The van der Waals surface area contributed by atoms with Crippen LogP contribution in [0.5, 0.6) is 0 Å². The number of likely N-dealkylation sites (N-methyl/N-ethyl adjacent to an activating group) is 1. The lowest BCUT2D eigenvalue weighted by atomic mass is 9.87. The third kappa shape index (κ3) is 8.90. The first-order valence-corrected chi connectivity index (χ1v) is 7.27. The van der Waals surface area contributed by atoms with Crippen molar-refractivity contribution in [2.75, 3.05) is 33.3 Å². The molecule has 0 bridgehead atoms. The van der Waals surface area contributed by atoms with Crippen molar-refractivity contribution in [3.8, 4) is 0 Å². The first kappa shape index (κ1) is 17.9. The number of nitrogens with zero attached hydrogens (tertiary/aromatic N) is 1. The first-order chi connectivity index (χ1) is 8.25. The molecular formula is C15H34N2O. The van der Waals surface area contributed by atoms with Crippen LogP contribution in [0.1, 0.15) is 48.0 Å². The smallest absolute Gasteiger partial charge is 0.0518 e. The average molecular weight is 258 g/mol. The van der Waals surface area contributed by atoms with E-state index in [1.165, 1.54) is 0 Å². The molecule has 18 heavy (non-hydrogen) atoms. The van der Waals surface area contributed by atoms with Crippen LogP contribution < -0.4 is 5.32 Å². The lowest BCUT2D eigenvalue weighted by Crippen LogP contribution is -2.42. The van der Waals surface area contributed by atoms with Gasteiger partial charge in [-0.1, -0.05) is 20.8 Å². The average Bonchev–Trinajstić information content (AvgIpc) is 2.24. The monoisotopic (exact) mass is 258 g/mol. The van der Waals surface area contributed by atoms with Gasteiger partial charge in [0.1, 0.15) is 0 Å². The zero-order valence-electron chi connectivity index (χ0n) is 13.5. The van der Waals surface area contributed by atoms with Crippen LogP contribution in [0.25, 0.3) is 0 Å². The Morgan fingerprint density at radius 1 is 1.11 bits per heavy atom. The second-order valence-corrected chi connectivity index (χ2v) is 6.55.